The average Bonchev–Trinajstić information content (AvgIpc) is 3.13. The Hall–Kier alpha value is -5.09. The van der Waals surface area contributed by atoms with Crippen LogP contribution in [0.25, 0.3) is 11.1 Å². The molecule has 6 aromatic carbocycles. The fourth-order valence-electron chi connectivity index (χ4n) is 8.55. The lowest BCUT2D eigenvalue weighted by atomic mass is 9.33. The number of rotatable bonds is 3. The number of hydrogen-bond donors (Lipinski definition) is 0. The van der Waals surface area contributed by atoms with Crippen LogP contribution in [0.15, 0.2) is 121 Å². The molecular formula is C52H56BFN2. The first-order valence-electron chi connectivity index (χ1n) is 20.2. The Morgan fingerprint density at radius 1 is 0.393 bits per heavy atom. The monoisotopic (exact) mass is 738 g/mol. The zero-order valence-corrected chi connectivity index (χ0v) is 35.4. The Bertz CT molecular complexity index is 2320. The van der Waals surface area contributed by atoms with Crippen molar-refractivity contribution in [3.63, 3.8) is 0 Å². The van der Waals surface area contributed by atoms with Crippen LogP contribution in [0.4, 0.5) is 38.5 Å². The van der Waals surface area contributed by atoms with Crippen molar-refractivity contribution < 1.29 is 4.39 Å². The van der Waals surface area contributed by atoms with E-state index in [4.69, 9.17) is 0 Å². The molecule has 2 aliphatic heterocycles. The predicted octanol–water partition coefficient (Wildman–Crippen LogP) is 12.8. The molecule has 0 amide bonds. The molecule has 0 unspecified atom stereocenters. The Morgan fingerprint density at radius 2 is 0.786 bits per heavy atom. The molecule has 284 valence electrons. The maximum absolute atomic E-state index is 15.0. The summed E-state index contributed by atoms with van der Waals surface area (Å²) in [7, 11) is 0. The van der Waals surface area contributed by atoms with Crippen LogP contribution in [0.1, 0.15) is 105 Å². The minimum absolute atomic E-state index is 0.0219. The highest BCUT2D eigenvalue weighted by Gasteiger charge is 2.44. The Balaban J connectivity index is 1.50. The maximum atomic E-state index is 15.0. The van der Waals surface area contributed by atoms with Gasteiger partial charge in [-0.3, -0.25) is 0 Å². The number of benzene rings is 6. The third kappa shape index (κ3) is 6.55. The topological polar surface area (TPSA) is 6.48 Å². The second kappa shape index (κ2) is 13.0. The highest BCUT2D eigenvalue weighted by molar-refractivity contribution is 7.00. The van der Waals surface area contributed by atoms with Crippen LogP contribution in [0.2, 0.25) is 0 Å². The lowest BCUT2D eigenvalue weighted by Gasteiger charge is -2.45. The highest BCUT2D eigenvalue weighted by Crippen LogP contribution is 2.47. The van der Waals surface area contributed by atoms with Crippen molar-refractivity contribution in [3.05, 3.63) is 149 Å². The summed E-state index contributed by atoms with van der Waals surface area (Å²) in [5, 5.41) is 0. The van der Waals surface area contributed by atoms with E-state index in [0.29, 0.717) is 0 Å². The lowest BCUT2D eigenvalue weighted by Crippen LogP contribution is -2.61. The third-order valence-corrected chi connectivity index (χ3v) is 11.9. The van der Waals surface area contributed by atoms with E-state index in [0.717, 1.165) is 33.9 Å². The van der Waals surface area contributed by atoms with Gasteiger partial charge in [-0.15, -0.1) is 0 Å². The molecule has 0 radical (unpaired) electrons. The van der Waals surface area contributed by atoms with Gasteiger partial charge in [-0.05, 0) is 132 Å². The van der Waals surface area contributed by atoms with E-state index in [1.807, 2.05) is 12.1 Å². The van der Waals surface area contributed by atoms with Gasteiger partial charge in [0.1, 0.15) is 5.82 Å². The fourth-order valence-corrected chi connectivity index (χ4v) is 8.55. The SMILES string of the molecule is CC(C)(C)c1ccc(N2c3ccc(C(C)(C)C)cc3B3c4cc(C(C)(C)C)ccc4N(c4ccc(C(C)(C)C)cc4)c4cc(-c5cccc(F)c5)cc2c43)cc1. The van der Waals surface area contributed by atoms with Gasteiger partial charge >= 0.3 is 0 Å². The number of halogens is 1. The van der Waals surface area contributed by atoms with E-state index in [1.165, 1.54) is 56.1 Å². The molecule has 2 aliphatic rings. The summed E-state index contributed by atoms with van der Waals surface area (Å²) in [5.74, 6) is -0.240. The van der Waals surface area contributed by atoms with E-state index >= 15 is 4.39 Å². The molecule has 4 heteroatoms. The van der Waals surface area contributed by atoms with Crippen LogP contribution in [-0.2, 0) is 21.7 Å². The van der Waals surface area contributed by atoms with Crippen molar-refractivity contribution >= 4 is 57.2 Å². The van der Waals surface area contributed by atoms with Gasteiger partial charge < -0.3 is 9.80 Å². The van der Waals surface area contributed by atoms with Gasteiger partial charge in [-0.1, -0.05) is 144 Å². The van der Waals surface area contributed by atoms with E-state index in [2.05, 4.69) is 190 Å². The van der Waals surface area contributed by atoms with Gasteiger partial charge in [0.15, 0.2) is 0 Å². The smallest absolute Gasteiger partial charge is 0.252 e. The van der Waals surface area contributed by atoms with E-state index in [9.17, 15) is 0 Å². The molecule has 8 rings (SSSR count). The van der Waals surface area contributed by atoms with Gasteiger partial charge in [0.2, 0.25) is 0 Å². The van der Waals surface area contributed by atoms with E-state index in [-0.39, 0.29) is 34.2 Å². The second-order valence-corrected chi connectivity index (χ2v) is 20.2. The summed E-state index contributed by atoms with van der Waals surface area (Å²) in [6, 6.07) is 44.1. The van der Waals surface area contributed by atoms with Crippen LogP contribution in [0, 0.1) is 5.82 Å². The van der Waals surface area contributed by atoms with Crippen LogP contribution >= 0.6 is 0 Å². The first-order valence-corrected chi connectivity index (χ1v) is 20.2. The molecule has 0 saturated heterocycles. The van der Waals surface area contributed by atoms with E-state index < -0.39 is 0 Å². The fraction of sp³-hybridized carbons (Fsp3) is 0.308. The number of fused-ring (bicyclic) bond motifs is 4. The Morgan fingerprint density at radius 3 is 1.16 bits per heavy atom. The first-order chi connectivity index (χ1) is 26.2. The van der Waals surface area contributed by atoms with Crippen LogP contribution in [-0.4, -0.2) is 6.71 Å². The van der Waals surface area contributed by atoms with Crippen molar-refractivity contribution in [3.8, 4) is 11.1 Å². The summed E-state index contributed by atoms with van der Waals surface area (Å²) in [6.45, 7) is 27.4. The van der Waals surface area contributed by atoms with Crippen LogP contribution in [0.5, 0.6) is 0 Å². The molecule has 0 bridgehead atoms. The summed E-state index contributed by atoms with van der Waals surface area (Å²) < 4.78 is 15.0. The zero-order chi connectivity index (χ0) is 40.1. The molecule has 2 heterocycles. The summed E-state index contributed by atoms with van der Waals surface area (Å²) in [5.41, 5.74) is 17.7. The third-order valence-electron chi connectivity index (χ3n) is 11.9. The molecular weight excluding hydrogens is 682 g/mol. The summed E-state index contributed by atoms with van der Waals surface area (Å²) >= 11 is 0. The van der Waals surface area contributed by atoms with E-state index in [1.54, 1.807) is 6.07 Å². The molecule has 2 nitrogen and oxygen atoms in total. The van der Waals surface area contributed by atoms with Gasteiger partial charge in [0, 0.05) is 34.1 Å². The molecule has 0 aliphatic carbocycles. The van der Waals surface area contributed by atoms with Crippen molar-refractivity contribution in [2.24, 2.45) is 0 Å². The summed E-state index contributed by atoms with van der Waals surface area (Å²) in [6.07, 6.45) is 0. The molecule has 0 fully saturated rings. The second-order valence-electron chi connectivity index (χ2n) is 20.2. The van der Waals surface area contributed by atoms with Crippen molar-refractivity contribution in [1.29, 1.82) is 0 Å². The molecule has 0 spiro atoms. The molecule has 0 aromatic heterocycles. The highest BCUT2D eigenvalue weighted by atomic mass is 19.1. The van der Waals surface area contributed by atoms with Gasteiger partial charge in [-0.2, -0.15) is 0 Å². The molecule has 6 aromatic rings. The predicted molar refractivity (Wildman–Crippen MR) is 241 cm³/mol. The van der Waals surface area contributed by atoms with Gasteiger partial charge in [-0.25, -0.2) is 4.39 Å². The van der Waals surface area contributed by atoms with Crippen LogP contribution < -0.4 is 26.2 Å². The zero-order valence-electron chi connectivity index (χ0n) is 35.4. The molecule has 0 atom stereocenters. The van der Waals surface area contributed by atoms with Gasteiger partial charge in [0.25, 0.3) is 6.71 Å². The first kappa shape index (κ1) is 37.8. The number of nitrogens with zero attached hydrogens (tertiary/aromatic N) is 2. The van der Waals surface area contributed by atoms with Gasteiger partial charge in [0.05, 0.1) is 0 Å². The quantitative estimate of drug-likeness (QED) is 0.167. The molecule has 0 saturated carbocycles. The standard InChI is InChI=1S/C52H56BFN2/c1-49(2,3)35-16-22-40(23-17-35)55-44-26-20-37(51(7,8)9)31-42(44)53-43-32-38(52(10,11)12)21-27-45(43)56(41-24-18-36(19-25-41)50(4,5)6)47-30-34(29-46(55)48(47)53)33-14-13-15-39(54)28-33/h13-32H,1-12H3. The summed E-state index contributed by atoms with van der Waals surface area (Å²) in [4.78, 5) is 4.93. The lowest BCUT2D eigenvalue weighted by molar-refractivity contribution is 0.590. The number of anilines is 6. The normalized spacial score (nSPS) is 14.1. The van der Waals surface area contributed by atoms with Crippen molar-refractivity contribution in [2.75, 3.05) is 9.80 Å². The molecule has 0 N–H and O–H groups in total. The number of hydrogen-bond acceptors (Lipinski definition) is 2. The minimum atomic E-state index is -0.240. The minimum Gasteiger partial charge on any atom is -0.311 e. The average molecular weight is 739 g/mol. The van der Waals surface area contributed by atoms with Crippen LogP contribution in [0.3, 0.4) is 0 Å². The van der Waals surface area contributed by atoms with Crippen molar-refractivity contribution in [1.82, 2.24) is 0 Å². The maximum Gasteiger partial charge on any atom is 0.252 e. The largest absolute Gasteiger partial charge is 0.311 e. The Kier molecular flexibility index (Phi) is 8.77. The molecule has 56 heavy (non-hydrogen) atoms. The van der Waals surface area contributed by atoms with Crippen molar-refractivity contribution in [2.45, 2.75) is 105 Å². The Labute approximate surface area is 335 Å².